The fourth-order valence-corrected chi connectivity index (χ4v) is 2.27. The number of halogens is 2. The van der Waals surface area contributed by atoms with Gasteiger partial charge < -0.3 is 15.2 Å². The molecule has 5 heteroatoms. The number of hydrogen-bond acceptors (Lipinski definition) is 3. The molecule has 0 amide bonds. The van der Waals surface area contributed by atoms with E-state index < -0.39 is 0 Å². The van der Waals surface area contributed by atoms with Crippen molar-refractivity contribution in [1.29, 1.82) is 0 Å². The van der Waals surface area contributed by atoms with E-state index in [2.05, 4.69) is 15.9 Å². The van der Waals surface area contributed by atoms with Gasteiger partial charge in [0.25, 0.3) is 0 Å². The average Bonchev–Trinajstić information content (AvgIpc) is 2.46. The van der Waals surface area contributed by atoms with Crippen molar-refractivity contribution in [3.05, 3.63) is 57.8 Å². The summed E-state index contributed by atoms with van der Waals surface area (Å²) in [5, 5.41) is 0. The molecule has 20 heavy (non-hydrogen) atoms. The van der Waals surface area contributed by atoms with Crippen LogP contribution >= 0.6 is 15.9 Å². The van der Waals surface area contributed by atoms with Gasteiger partial charge in [0.15, 0.2) is 0 Å². The molecule has 0 heterocycles. The zero-order valence-corrected chi connectivity index (χ0v) is 12.6. The molecule has 2 aromatic rings. The Balaban J connectivity index is 2.18. The van der Waals surface area contributed by atoms with Crippen LogP contribution in [0.2, 0.25) is 0 Å². The first kappa shape index (κ1) is 14.8. The van der Waals surface area contributed by atoms with E-state index in [1.54, 1.807) is 13.2 Å². The lowest BCUT2D eigenvalue weighted by Gasteiger charge is -2.13. The monoisotopic (exact) mass is 339 g/mol. The van der Waals surface area contributed by atoms with Gasteiger partial charge in [-0.1, -0.05) is 15.9 Å². The van der Waals surface area contributed by atoms with Gasteiger partial charge >= 0.3 is 0 Å². The van der Waals surface area contributed by atoms with Crippen LogP contribution in [0.3, 0.4) is 0 Å². The van der Waals surface area contributed by atoms with Crippen LogP contribution in [-0.2, 0) is 13.2 Å². The standard InChI is InChI=1S/C15H15BrFNO2/c1-19-14-4-2-12(16)6-11(14)9-20-15-5-3-13(17)7-10(15)8-18/h2-7H,8-9,18H2,1H3. The molecule has 0 unspecified atom stereocenters. The van der Waals surface area contributed by atoms with Crippen molar-refractivity contribution >= 4 is 15.9 Å². The second-order valence-electron chi connectivity index (χ2n) is 4.20. The van der Waals surface area contributed by atoms with Crippen molar-refractivity contribution in [3.63, 3.8) is 0 Å². The molecule has 0 bridgehead atoms. The maximum atomic E-state index is 13.1. The van der Waals surface area contributed by atoms with Crippen LogP contribution in [0.5, 0.6) is 11.5 Å². The van der Waals surface area contributed by atoms with Gasteiger partial charge in [0, 0.05) is 22.1 Å². The molecule has 0 spiro atoms. The van der Waals surface area contributed by atoms with E-state index in [0.717, 1.165) is 15.8 Å². The minimum atomic E-state index is -0.321. The third-order valence-corrected chi connectivity index (χ3v) is 3.36. The molecular weight excluding hydrogens is 325 g/mol. The fraction of sp³-hybridized carbons (Fsp3) is 0.200. The second kappa shape index (κ2) is 6.72. The fourth-order valence-electron chi connectivity index (χ4n) is 1.86. The number of methoxy groups -OCH3 is 1. The Bertz CT molecular complexity index is 604. The Hall–Kier alpha value is -1.59. The van der Waals surface area contributed by atoms with Crippen molar-refractivity contribution in [2.75, 3.05) is 7.11 Å². The molecule has 0 aromatic heterocycles. The van der Waals surface area contributed by atoms with Gasteiger partial charge in [-0.05, 0) is 36.4 Å². The molecule has 0 aliphatic rings. The SMILES string of the molecule is COc1ccc(Br)cc1COc1ccc(F)cc1CN. The van der Waals surface area contributed by atoms with Crippen LogP contribution in [0.25, 0.3) is 0 Å². The summed E-state index contributed by atoms with van der Waals surface area (Å²) in [6.07, 6.45) is 0. The predicted octanol–water partition coefficient (Wildman–Crippen LogP) is 3.63. The van der Waals surface area contributed by atoms with E-state index in [4.69, 9.17) is 15.2 Å². The largest absolute Gasteiger partial charge is 0.496 e. The third kappa shape index (κ3) is 3.49. The summed E-state index contributed by atoms with van der Waals surface area (Å²) in [6, 6.07) is 10.00. The third-order valence-electron chi connectivity index (χ3n) is 2.87. The maximum Gasteiger partial charge on any atom is 0.125 e. The number of hydrogen-bond donors (Lipinski definition) is 1. The van der Waals surface area contributed by atoms with E-state index >= 15 is 0 Å². The molecule has 106 valence electrons. The first-order chi connectivity index (χ1) is 9.63. The normalized spacial score (nSPS) is 10.4. The molecule has 3 nitrogen and oxygen atoms in total. The summed E-state index contributed by atoms with van der Waals surface area (Å²) < 4.78 is 25.1. The minimum Gasteiger partial charge on any atom is -0.496 e. The second-order valence-corrected chi connectivity index (χ2v) is 5.12. The Kier molecular flexibility index (Phi) is 4.98. The van der Waals surface area contributed by atoms with Gasteiger partial charge in [-0.25, -0.2) is 4.39 Å². The summed E-state index contributed by atoms with van der Waals surface area (Å²) in [5.74, 6) is 0.998. The quantitative estimate of drug-likeness (QED) is 0.904. The van der Waals surface area contributed by atoms with Crippen LogP contribution in [0.1, 0.15) is 11.1 Å². The minimum absolute atomic E-state index is 0.225. The average molecular weight is 340 g/mol. The lowest BCUT2D eigenvalue weighted by molar-refractivity contribution is 0.293. The van der Waals surface area contributed by atoms with E-state index in [1.165, 1.54) is 12.1 Å². The number of rotatable bonds is 5. The van der Waals surface area contributed by atoms with Crippen LogP contribution < -0.4 is 15.2 Å². The van der Waals surface area contributed by atoms with Gasteiger partial charge in [0.05, 0.1) is 7.11 Å². The molecule has 2 rings (SSSR count). The zero-order valence-electron chi connectivity index (χ0n) is 11.0. The van der Waals surface area contributed by atoms with Crippen LogP contribution in [0.4, 0.5) is 4.39 Å². The molecular formula is C15H15BrFNO2. The first-order valence-corrected chi connectivity index (χ1v) is 6.87. The Morgan fingerprint density at radius 1 is 1.10 bits per heavy atom. The van der Waals surface area contributed by atoms with Crippen LogP contribution in [-0.4, -0.2) is 7.11 Å². The number of ether oxygens (including phenoxy) is 2. The van der Waals surface area contributed by atoms with E-state index in [1.807, 2.05) is 18.2 Å². The molecule has 0 aliphatic carbocycles. The van der Waals surface area contributed by atoms with Gasteiger partial charge in [0.1, 0.15) is 23.9 Å². The van der Waals surface area contributed by atoms with Gasteiger partial charge in [-0.3, -0.25) is 0 Å². The zero-order chi connectivity index (χ0) is 14.5. The van der Waals surface area contributed by atoms with Gasteiger partial charge in [-0.2, -0.15) is 0 Å². The number of benzene rings is 2. The molecule has 0 aliphatic heterocycles. The molecule has 0 radical (unpaired) electrons. The maximum absolute atomic E-state index is 13.1. The Morgan fingerprint density at radius 2 is 1.85 bits per heavy atom. The molecule has 2 aromatic carbocycles. The van der Waals surface area contributed by atoms with E-state index in [-0.39, 0.29) is 12.4 Å². The molecule has 0 fully saturated rings. The van der Waals surface area contributed by atoms with Gasteiger partial charge in [0.2, 0.25) is 0 Å². The van der Waals surface area contributed by atoms with Crippen LogP contribution in [0.15, 0.2) is 40.9 Å². The van der Waals surface area contributed by atoms with E-state index in [9.17, 15) is 4.39 Å². The Labute approximate surface area is 125 Å². The molecule has 0 saturated carbocycles. The highest BCUT2D eigenvalue weighted by atomic mass is 79.9. The topological polar surface area (TPSA) is 44.5 Å². The molecule has 0 saturated heterocycles. The van der Waals surface area contributed by atoms with Gasteiger partial charge in [-0.15, -0.1) is 0 Å². The van der Waals surface area contributed by atoms with Crippen molar-refractivity contribution in [3.8, 4) is 11.5 Å². The first-order valence-electron chi connectivity index (χ1n) is 6.07. The Morgan fingerprint density at radius 3 is 2.55 bits per heavy atom. The van der Waals surface area contributed by atoms with E-state index in [0.29, 0.717) is 17.9 Å². The summed E-state index contributed by atoms with van der Waals surface area (Å²) in [7, 11) is 1.61. The number of nitrogens with two attached hydrogens (primary N) is 1. The summed E-state index contributed by atoms with van der Waals surface area (Å²) in [6.45, 7) is 0.546. The molecule has 0 atom stereocenters. The summed E-state index contributed by atoms with van der Waals surface area (Å²) in [4.78, 5) is 0. The van der Waals surface area contributed by atoms with Crippen molar-refractivity contribution in [2.45, 2.75) is 13.2 Å². The highest BCUT2D eigenvalue weighted by molar-refractivity contribution is 9.10. The van der Waals surface area contributed by atoms with Crippen LogP contribution in [0, 0.1) is 5.82 Å². The predicted molar refractivity (Wildman–Crippen MR) is 79.3 cm³/mol. The lowest BCUT2D eigenvalue weighted by atomic mass is 10.2. The van der Waals surface area contributed by atoms with Crippen molar-refractivity contribution in [2.24, 2.45) is 5.73 Å². The molecule has 2 N–H and O–H groups in total. The lowest BCUT2D eigenvalue weighted by Crippen LogP contribution is -2.04. The highest BCUT2D eigenvalue weighted by Gasteiger charge is 2.08. The smallest absolute Gasteiger partial charge is 0.125 e. The highest BCUT2D eigenvalue weighted by Crippen LogP contribution is 2.26. The van der Waals surface area contributed by atoms with Crippen molar-refractivity contribution < 1.29 is 13.9 Å². The summed E-state index contributed by atoms with van der Waals surface area (Å²) >= 11 is 3.41. The van der Waals surface area contributed by atoms with Crippen molar-refractivity contribution in [1.82, 2.24) is 0 Å². The summed E-state index contributed by atoms with van der Waals surface area (Å²) in [5.41, 5.74) is 7.13.